The molecule has 2 unspecified atom stereocenters. The van der Waals surface area contributed by atoms with E-state index in [9.17, 15) is 14.4 Å². The molecule has 0 radical (unpaired) electrons. The SMILES string of the molecule is CC(=O)SC1CCC(NC(=O)[C@H](Cc2ccc(OC(C)(C)C)cc2)NC(=O)OCc2ccccc2)C1. The zero-order valence-corrected chi connectivity index (χ0v) is 22.2. The first-order valence-electron chi connectivity index (χ1n) is 12.3. The van der Waals surface area contributed by atoms with Gasteiger partial charge in [0.1, 0.15) is 24.0 Å². The van der Waals surface area contributed by atoms with E-state index in [4.69, 9.17) is 9.47 Å². The van der Waals surface area contributed by atoms with Crippen molar-refractivity contribution in [1.82, 2.24) is 10.6 Å². The lowest BCUT2D eigenvalue weighted by Gasteiger charge is -2.22. The van der Waals surface area contributed by atoms with E-state index in [1.807, 2.05) is 75.4 Å². The van der Waals surface area contributed by atoms with Gasteiger partial charge in [0.15, 0.2) is 5.12 Å². The molecule has 3 atom stereocenters. The molecule has 0 aromatic heterocycles. The fourth-order valence-electron chi connectivity index (χ4n) is 4.11. The minimum Gasteiger partial charge on any atom is -0.488 e. The van der Waals surface area contributed by atoms with Gasteiger partial charge in [-0.25, -0.2) is 4.79 Å². The van der Waals surface area contributed by atoms with Crippen molar-refractivity contribution in [2.45, 2.75) is 82.9 Å². The predicted octanol–water partition coefficient (Wildman–Crippen LogP) is 5.02. The van der Waals surface area contributed by atoms with Crippen molar-refractivity contribution in [2.75, 3.05) is 0 Å². The van der Waals surface area contributed by atoms with Crippen LogP contribution in [0.1, 0.15) is 58.1 Å². The lowest BCUT2D eigenvalue weighted by Crippen LogP contribution is -2.50. The quantitative estimate of drug-likeness (QED) is 0.490. The normalized spacial score (nSPS) is 18.2. The number of alkyl carbamates (subject to hydrolysis) is 1. The summed E-state index contributed by atoms with van der Waals surface area (Å²) in [5, 5.41) is 6.11. The lowest BCUT2D eigenvalue weighted by molar-refractivity contribution is -0.123. The first-order valence-corrected chi connectivity index (χ1v) is 13.2. The van der Waals surface area contributed by atoms with Crippen LogP contribution in [0.15, 0.2) is 54.6 Å². The molecule has 0 saturated heterocycles. The summed E-state index contributed by atoms with van der Waals surface area (Å²) in [6.07, 6.45) is 2.08. The zero-order valence-electron chi connectivity index (χ0n) is 21.4. The van der Waals surface area contributed by atoms with Gasteiger partial charge in [-0.1, -0.05) is 54.2 Å². The van der Waals surface area contributed by atoms with Gasteiger partial charge in [0.2, 0.25) is 5.91 Å². The summed E-state index contributed by atoms with van der Waals surface area (Å²) in [5.41, 5.74) is 1.44. The third kappa shape index (κ3) is 9.57. The van der Waals surface area contributed by atoms with E-state index < -0.39 is 12.1 Å². The molecule has 2 N–H and O–H groups in total. The molecule has 36 heavy (non-hydrogen) atoms. The number of thioether (sulfide) groups is 1. The van der Waals surface area contributed by atoms with E-state index in [0.29, 0.717) is 6.42 Å². The van der Waals surface area contributed by atoms with Crippen LogP contribution in [0.2, 0.25) is 0 Å². The van der Waals surface area contributed by atoms with E-state index in [-0.39, 0.29) is 34.5 Å². The Bertz CT molecular complexity index is 1020. The Morgan fingerprint density at radius 1 is 1.00 bits per heavy atom. The maximum atomic E-state index is 13.2. The minimum atomic E-state index is -0.804. The summed E-state index contributed by atoms with van der Waals surface area (Å²) in [7, 11) is 0. The smallest absolute Gasteiger partial charge is 0.408 e. The molecule has 2 aromatic rings. The fraction of sp³-hybridized carbons (Fsp3) is 0.464. The molecule has 2 aromatic carbocycles. The molecule has 0 heterocycles. The molecule has 3 rings (SSSR count). The van der Waals surface area contributed by atoms with E-state index in [0.717, 1.165) is 36.1 Å². The molecule has 1 fully saturated rings. The highest BCUT2D eigenvalue weighted by atomic mass is 32.2. The highest BCUT2D eigenvalue weighted by molar-refractivity contribution is 8.14. The summed E-state index contributed by atoms with van der Waals surface area (Å²) >= 11 is 1.33. The van der Waals surface area contributed by atoms with Gasteiger partial charge in [-0.2, -0.15) is 0 Å². The Kier molecular flexibility index (Phi) is 9.81. The molecule has 0 bridgehead atoms. The van der Waals surface area contributed by atoms with Gasteiger partial charge in [-0.3, -0.25) is 9.59 Å². The maximum Gasteiger partial charge on any atom is 0.408 e. The summed E-state index contributed by atoms with van der Waals surface area (Å²) in [6.45, 7) is 7.63. The van der Waals surface area contributed by atoms with E-state index >= 15 is 0 Å². The van der Waals surface area contributed by atoms with Gasteiger partial charge in [-0.15, -0.1) is 0 Å². The van der Waals surface area contributed by atoms with Crippen molar-refractivity contribution in [3.05, 3.63) is 65.7 Å². The zero-order chi connectivity index (χ0) is 26.1. The van der Waals surface area contributed by atoms with Gasteiger partial charge in [0, 0.05) is 24.6 Å². The number of amides is 2. The van der Waals surface area contributed by atoms with Crippen LogP contribution in [-0.2, 0) is 27.4 Å². The van der Waals surface area contributed by atoms with Crippen LogP contribution >= 0.6 is 11.8 Å². The topological polar surface area (TPSA) is 93.7 Å². The largest absolute Gasteiger partial charge is 0.488 e. The molecule has 1 aliphatic rings. The van der Waals surface area contributed by atoms with Crippen molar-refractivity contribution < 1.29 is 23.9 Å². The van der Waals surface area contributed by atoms with Crippen molar-refractivity contribution in [3.63, 3.8) is 0 Å². The van der Waals surface area contributed by atoms with E-state index in [1.54, 1.807) is 6.92 Å². The summed E-state index contributed by atoms with van der Waals surface area (Å²) in [6, 6.07) is 16.1. The standard InChI is InChI=1S/C28H36N2O5S/c1-19(31)36-24-15-12-22(17-24)29-26(32)25(30-27(33)34-18-21-8-6-5-7-9-21)16-20-10-13-23(14-11-20)35-28(2,3)4/h5-11,13-14,22,24-25H,12,15-18H2,1-4H3,(H,29,32)(H,30,33)/t22?,24?,25-/m0/s1. The van der Waals surface area contributed by atoms with E-state index in [1.165, 1.54) is 11.8 Å². The van der Waals surface area contributed by atoms with Crippen LogP contribution in [0.25, 0.3) is 0 Å². The van der Waals surface area contributed by atoms with Crippen molar-refractivity contribution in [2.24, 2.45) is 0 Å². The number of hydrogen-bond donors (Lipinski definition) is 2. The molecule has 7 nitrogen and oxygen atoms in total. The van der Waals surface area contributed by atoms with Crippen LogP contribution in [-0.4, -0.2) is 40.1 Å². The van der Waals surface area contributed by atoms with Crippen LogP contribution < -0.4 is 15.4 Å². The Morgan fingerprint density at radius 3 is 2.33 bits per heavy atom. The molecule has 1 saturated carbocycles. The van der Waals surface area contributed by atoms with Crippen molar-refractivity contribution >= 4 is 28.9 Å². The molecule has 0 spiro atoms. The highest BCUT2D eigenvalue weighted by Crippen LogP contribution is 2.30. The lowest BCUT2D eigenvalue weighted by atomic mass is 10.0. The number of ether oxygens (including phenoxy) is 2. The Hall–Kier alpha value is -3.00. The first-order chi connectivity index (χ1) is 17.1. The van der Waals surface area contributed by atoms with Crippen LogP contribution in [0.4, 0.5) is 4.79 Å². The summed E-state index contributed by atoms with van der Waals surface area (Å²) in [4.78, 5) is 37.2. The molecule has 8 heteroatoms. The average Bonchev–Trinajstić information content (AvgIpc) is 3.24. The van der Waals surface area contributed by atoms with Crippen LogP contribution in [0, 0.1) is 0 Å². The molecule has 194 valence electrons. The van der Waals surface area contributed by atoms with E-state index in [2.05, 4.69) is 10.6 Å². The molecule has 1 aliphatic carbocycles. The number of rotatable bonds is 9. The van der Waals surface area contributed by atoms with Crippen molar-refractivity contribution in [3.8, 4) is 5.75 Å². The number of carbonyl (C=O) groups excluding carboxylic acids is 3. The molecular weight excluding hydrogens is 476 g/mol. The van der Waals surface area contributed by atoms with Crippen LogP contribution in [0.3, 0.4) is 0 Å². The Labute approximate surface area is 217 Å². The highest BCUT2D eigenvalue weighted by Gasteiger charge is 2.30. The van der Waals surface area contributed by atoms with Crippen LogP contribution in [0.5, 0.6) is 5.75 Å². The second-order valence-electron chi connectivity index (χ2n) is 10.1. The minimum absolute atomic E-state index is 0.0263. The summed E-state index contributed by atoms with van der Waals surface area (Å²) < 4.78 is 11.2. The summed E-state index contributed by atoms with van der Waals surface area (Å²) in [5.74, 6) is 0.475. The van der Waals surface area contributed by atoms with Gasteiger partial charge in [0.25, 0.3) is 0 Å². The molecule has 2 amide bonds. The van der Waals surface area contributed by atoms with Gasteiger partial charge in [0.05, 0.1) is 0 Å². The third-order valence-electron chi connectivity index (χ3n) is 5.67. The number of benzene rings is 2. The average molecular weight is 513 g/mol. The van der Waals surface area contributed by atoms with Gasteiger partial charge >= 0.3 is 6.09 Å². The predicted molar refractivity (Wildman–Crippen MR) is 142 cm³/mol. The molecule has 0 aliphatic heterocycles. The Balaban J connectivity index is 1.64. The van der Waals surface area contributed by atoms with Crippen molar-refractivity contribution in [1.29, 1.82) is 0 Å². The number of nitrogens with one attached hydrogen (secondary N) is 2. The number of carbonyl (C=O) groups is 3. The van der Waals surface area contributed by atoms with Gasteiger partial charge in [-0.05, 0) is 63.3 Å². The second kappa shape index (κ2) is 12.8. The fourth-order valence-corrected chi connectivity index (χ4v) is 5.17. The first kappa shape index (κ1) is 27.6. The monoisotopic (exact) mass is 512 g/mol. The number of hydrogen-bond acceptors (Lipinski definition) is 6. The Morgan fingerprint density at radius 2 is 1.69 bits per heavy atom. The van der Waals surface area contributed by atoms with Gasteiger partial charge < -0.3 is 20.1 Å². The second-order valence-corrected chi connectivity index (χ2v) is 11.5. The molecular formula is C28H36N2O5S. The third-order valence-corrected chi connectivity index (χ3v) is 6.77. The maximum absolute atomic E-state index is 13.2.